The molecule has 2 atom stereocenters. The summed E-state index contributed by atoms with van der Waals surface area (Å²) in [6, 6.07) is 10.4. The molecule has 1 aliphatic rings. The van der Waals surface area contributed by atoms with Crippen molar-refractivity contribution in [1.29, 1.82) is 0 Å². The molecule has 1 aliphatic heterocycles. The van der Waals surface area contributed by atoms with E-state index in [2.05, 4.69) is 26.1 Å². The van der Waals surface area contributed by atoms with Crippen LogP contribution in [0.1, 0.15) is 36.8 Å². The smallest absolute Gasteiger partial charge is 0.232 e. The summed E-state index contributed by atoms with van der Waals surface area (Å²) < 4.78 is 32.2. The molecule has 4 rings (SSSR count). The van der Waals surface area contributed by atoms with Gasteiger partial charge in [-0.3, -0.25) is 4.79 Å². The molecule has 144 valence electrons. The molecule has 2 unspecified atom stereocenters. The van der Waals surface area contributed by atoms with Crippen LogP contribution in [0, 0.1) is 11.6 Å². The number of amides is 1. The van der Waals surface area contributed by atoms with Gasteiger partial charge in [0.2, 0.25) is 17.6 Å². The number of benzene rings is 2. The Balaban J connectivity index is 1.52. The minimum Gasteiger partial charge on any atom is -0.339 e. The van der Waals surface area contributed by atoms with Crippen molar-refractivity contribution in [1.82, 2.24) is 15.0 Å². The topological polar surface area (TPSA) is 59.2 Å². The van der Waals surface area contributed by atoms with Crippen LogP contribution in [0.15, 0.2) is 51.5 Å². The molecule has 0 radical (unpaired) electrons. The van der Waals surface area contributed by atoms with Crippen LogP contribution in [0.25, 0.3) is 11.4 Å². The van der Waals surface area contributed by atoms with E-state index in [1.54, 1.807) is 29.2 Å². The van der Waals surface area contributed by atoms with Gasteiger partial charge in [-0.2, -0.15) is 4.98 Å². The first-order valence-electron chi connectivity index (χ1n) is 8.76. The van der Waals surface area contributed by atoms with Crippen LogP contribution in [-0.4, -0.2) is 27.5 Å². The molecule has 1 fully saturated rings. The van der Waals surface area contributed by atoms with Crippen molar-refractivity contribution in [3.8, 4) is 11.4 Å². The highest BCUT2D eigenvalue weighted by atomic mass is 79.9. The van der Waals surface area contributed by atoms with Crippen LogP contribution in [0.4, 0.5) is 8.78 Å². The second kappa shape index (κ2) is 7.43. The summed E-state index contributed by atoms with van der Waals surface area (Å²) in [5, 5.41) is 3.96. The highest BCUT2D eigenvalue weighted by Gasteiger charge is 2.37. The van der Waals surface area contributed by atoms with Gasteiger partial charge in [0.25, 0.3) is 0 Å². The lowest BCUT2D eigenvalue weighted by Gasteiger charge is -2.25. The number of nitrogens with zero attached hydrogens (tertiary/aromatic N) is 3. The molecular weight excluding hydrogens is 432 g/mol. The van der Waals surface area contributed by atoms with Crippen LogP contribution >= 0.6 is 15.9 Å². The summed E-state index contributed by atoms with van der Waals surface area (Å²) in [7, 11) is 0. The third kappa shape index (κ3) is 3.56. The SMILES string of the molecule is CC(c1ccc(F)cc1)N1CC(c2nc(-c3ccc(F)c(Br)c3)no2)CC1=O. The molecule has 8 heteroatoms. The summed E-state index contributed by atoms with van der Waals surface area (Å²) in [6.07, 6.45) is 0.264. The third-order valence-electron chi connectivity index (χ3n) is 4.95. The predicted molar refractivity (Wildman–Crippen MR) is 101 cm³/mol. The number of hydrogen-bond donors (Lipinski definition) is 0. The van der Waals surface area contributed by atoms with Crippen molar-refractivity contribution in [3.05, 3.63) is 70.0 Å². The fourth-order valence-electron chi connectivity index (χ4n) is 3.35. The molecule has 0 aliphatic carbocycles. The average molecular weight is 448 g/mol. The van der Waals surface area contributed by atoms with Crippen molar-refractivity contribution in [2.75, 3.05) is 6.54 Å². The Kier molecular flexibility index (Phi) is 4.97. The zero-order valence-corrected chi connectivity index (χ0v) is 16.5. The number of aromatic nitrogens is 2. The minimum atomic E-state index is -0.376. The molecule has 28 heavy (non-hydrogen) atoms. The summed E-state index contributed by atoms with van der Waals surface area (Å²) in [5.41, 5.74) is 1.47. The number of carbonyl (C=O) groups excluding carboxylic acids is 1. The molecule has 0 saturated carbocycles. The summed E-state index contributed by atoms with van der Waals surface area (Å²) in [4.78, 5) is 18.6. The Morgan fingerprint density at radius 2 is 1.96 bits per heavy atom. The Morgan fingerprint density at radius 3 is 2.68 bits per heavy atom. The molecule has 1 aromatic heterocycles. The van der Waals surface area contributed by atoms with E-state index >= 15 is 0 Å². The monoisotopic (exact) mass is 447 g/mol. The minimum absolute atomic E-state index is 0.0221. The van der Waals surface area contributed by atoms with Gasteiger partial charge in [-0.1, -0.05) is 17.3 Å². The molecule has 0 spiro atoms. The van der Waals surface area contributed by atoms with Crippen LogP contribution in [0.2, 0.25) is 0 Å². The van der Waals surface area contributed by atoms with Gasteiger partial charge in [0.1, 0.15) is 11.6 Å². The second-order valence-electron chi connectivity index (χ2n) is 6.76. The number of likely N-dealkylation sites (tertiary alicyclic amines) is 1. The largest absolute Gasteiger partial charge is 0.339 e. The van der Waals surface area contributed by atoms with E-state index in [9.17, 15) is 13.6 Å². The molecule has 0 N–H and O–H groups in total. The van der Waals surface area contributed by atoms with E-state index in [0.717, 1.165) is 5.56 Å². The maximum Gasteiger partial charge on any atom is 0.232 e. The van der Waals surface area contributed by atoms with Crippen molar-refractivity contribution in [2.24, 2.45) is 0 Å². The fraction of sp³-hybridized carbons (Fsp3) is 0.250. The van der Waals surface area contributed by atoms with Crippen molar-refractivity contribution >= 4 is 21.8 Å². The van der Waals surface area contributed by atoms with E-state index in [4.69, 9.17) is 4.52 Å². The molecule has 0 bridgehead atoms. The van der Waals surface area contributed by atoms with E-state index in [1.807, 2.05) is 6.92 Å². The van der Waals surface area contributed by atoms with Crippen molar-refractivity contribution in [3.63, 3.8) is 0 Å². The Hall–Kier alpha value is -2.61. The van der Waals surface area contributed by atoms with Crippen LogP contribution in [0.5, 0.6) is 0 Å². The Morgan fingerprint density at radius 1 is 1.21 bits per heavy atom. The van der Waals surface area contributed by atoms with Gasteiger partial charge in [0.05, 0.1) is 16.4 Å². The number of rotatable bonds is 4. The quantitative estimate of drug-likeness (QED) is 0.573. The number of halogens is 3. The standard InChI is InChI=1S/C20H16BrF2N3O2/c1-11(12-2-5-15(22)6-3-12)26-10-14(9-18(26)27)20-24-19(25-28-20)13-4-7-17(23)16(21)8-13/h2-8,11,14H,9-10H2,1H3. The van der Waals surface area contributed by atoms with Crippen LogP contribution in [0.3, 0.4) is 0 Å². The predicted octanol–water partition coefficient (Wildman–Crippen LogP) is 4.85. The Bertz CT molecular complexity index is 1020. The first kappa shape index (κ1) is 18.7. The van der Waals surface area contributed by atoms with Gasteiger partial charge in [-0.15, -0.1) is 0 Å². The molecule has 3 aromatic rings. The van der Waals surface area contributed by atoms with Gasteiger partial charge in [-0.25, -0.2) is 8.78 Å². The molecule has 2 heterocycles. The molecule has 1 amide bonds. The first-order valence-corrected chi connectivity index (χ1v) is 9.55. The van der Waals surface area contributed by atoms with Gasteiger partial charge >= 0.3 is 0 Å². The van der Waals surface area contributed by atoms with Crippen LogP contribution < -0.4 is 0 Å². The lowest BCUT2D eigenvalue weighted by Crippen LogP contribution is -2.28. The van der Waals surface area contributed by atoms with E-state index in [-0.39, 0.29) is 35.9 Å². The van der Waals surface area contributed by atoms with Gasteiger partial charge < -0.3 is 9.42 Å². The molecular formula is C20H16BrF2N3O2. The lowest BCUT2D eigenvalue weighted by molar-refractivity contribution is -0.129. The molecule has 5 nitrogen and oxygen atoms in total. The zero-order valence-electron chi connectivity index (χ0n) is 14.9. The van der Waals surface area contributed by atoms with Gasteiger partial charge in [0, 0.05) is 18.5 Å². The summed E-state index contributed by atoms with van der Waals surface area (Å²) in [5.74, 6) is -0.218. The second-order valence-corrected chi connectivity index (χ2v) is 7.61. The molecule has 2 aromatic carbocycles. The Labute approximate surface area is 168 Å². The lowest BCUT2D eigenvalue weighted by atomic mass is 10.1. The fourth-order valence-corrected chi connectivity index (χ4v) is 3.72. The first-order chi connectivity index (χ1) is 13.4. The van der Waals surface area contributed by atoms with Gasteiger partial charge in [-0.05, 0) is 58.7 Å². The normalized spacial score (nSPS) is 17.9. The maximum atomic E-state index is 13.4. The van der Waals surface area contributed by atoms with Crippen LogP contribution in [-0.2, 0) is 4.79 Å². The highest BCUT2D eigenvalue weighted by Crippen LogP contribution is 2.34. The van der Waals surface area contributed by atoms with E-state index < -0.39 is 0 Å². The summed E-state index contributed by atoms with van der Waals surface area (Å²) in [6.45, 7) is 2.34. The third-order valence-corrected chi connectivity index (χ3v) is 5.55. The number of carbonyl (C=O) groups is 1. The molecule has 1 saturated heterocycles. The zero-order chi connectivity index (χ0) is 19.8. The number of hydrogen-bond acceptors (Lipinski definition) is 4. The summed E-state index contributed by atoms with van der Waals surface area (Å²) >= 11 is 3.14. The van der Waals surface area contributed by atoms with Gasteiger partial charge in [0.15, 0.2) is 0 Å². The van der Waals surface area contributed by atoms with Crippen molar-refractivity contribution in [2.45, 2.75) is 25.3 Å². The van der Waals surface area contributed by atoms with Crippen molar-refractivity contribution < 1.29 is 18.1 Å². The van der Waals surface area contributed by atoms with E-state index in [1.165, 1.54) is 18.2 Å². The highest BCUT2D eigenvalue weighted by molar-refractivity contribution is 9.10. The maximum absolute atomic E-state index is 13.4. The average Bonchev–Trinajstić information content (AvgIpc) is 3.31. The van der Waals surface area contributed by atoms with E-state index in [0.29, 0.717) is 28.3 Å².